The maximum atomic E-state index is 10.7. The van der Waals surface area contributed by atoms with Crippen LogP contribution < -0.4 is 32.9 Å². The normalized spacial score (nSPS) is 11.2. The number of carbonyl (C=O) groups is 1. The Kier molecular flexibility index (Phi) is 9.31. The highest BCUT2D eigenvalue weighted by atomic mass is 79.9. The second-order valence-electron chi connectivity index (χ2n) is 6.73. The largest absolute Gasteiger partial charge is 1.00 e. The van der Waals surface area contributed by atoms with Gasteiger partial charge in [-0.3, -0.25) is 4.79 Å². The zero-order valence-corrected chi connectivity index (χ0v) is 18.8. The monoisotopic (exact) mass is 468 g/mol. The average Bonchev–Trinajstić information content (AvgIpc) is 2.75. The number of hydrogen-bond acceptors (Lipinski definition) is 1. The summed E-state index contributed by atoms with van der Waals surface area (Å²) in [6.45, 7) is 0. The van der Waals surface area contributed by atoms with Gasteiger partial charge in [-0.25, -0.2) is 0 Å². The Balaban J connectivity index is 0.00000300. The van der Waals surface area contributed by atoms with E-state index in [1.807, 2.05) is 6.08 Å². The molecule has 0 amide bonds. The van der Waals surface area contributed by atoms with Crippen molar-refractivity contribution >= 4 is 29.1 Å². The second kappa shape index (κ2) is 11.7. The van der Waals surface area contributed by atoms with Gasteiger partial charge in [-0.2, -0.15) is 0 Å². The van der Waals surface area contributed by atoms with Crippen LogP contribution in [0.5, 0.6) is 0 Å². The average molecular weight is 469 g/mol. The quantitative estimate of drug-likeness (QED) is 0.384. The van der Waals surface area contributed by atoms with Crippen molar-refractivity contribution in [2.45, 2.75) is 19.3 Å². The van der Waals surface area contributed by atoms with Crippen LogP contribution in [0.1, 0.15) is 19.3 Å². The number of carboxylic acid groups (broad SMARTS) is 1. The van der Waals surface area contributed by atoms with Crippen LogP contribution in [0.15, 0.2) is 103 Å². The van der Waals surface area contributed by atoms with E-state index in [2.05, 4.69) is 97.1 Å². The standard InChI is InChI=1S/C25H25O2P.BrH/c26-25(27)20-12-1-2-13-21-28(22-14-6-3-7-15-22,23-16-8-4-9-17-23)24-18-10-5-11-19-24;/h1-11,14-19H,12-13,20-21H2;1H/b2-1+;. The van der Waals surface area contributed by atoms with Crippen LogP contribution in [0.4, 0.5) is 0 Å². The molecule has 29 heavy (non-hydrogen) atoms. The van der Waals surface area contributed by atoms with Crippen LogP contribution in [-0.4, -0.2) is 17.2 Å². The van der Waals surface area contributed by atoms with Gasteiger partial charge in [-0.05, 0) is 42.8 Å². The highest BCUT2D eigenvalue weighted by molar-refractivity contribution is 7.95. The third kappa shape index (κ3) is 5.88. The van der Waals surface area contributed by atoms with Crippen molar-refractivity contribution in [2.24, 2.45) is 0 Å². The van der Waals surface area contributed by atoms with Crippen LogP contribution in [0.2, 0.25) is 0 Å². The Bertz CT molecular complexity index is 799. The van der Waals surface area contributed by atoms with Gasteiger partial charge in [0.1, 0.15) is 23.2 Å². The molecular weight excluding hydrogens is 443 g/mol. The molecule has 3 aromatic carbocycles. The summed E-state index contributed by atoms with van der Waals surface area (Å²) in [5.41, 5.74) is 0. The van der Waals surface area contributed by atoms with Crippen molar-refractivity contribution in [3.05, 3.63) is 103 Å². The van der Waals surface area contributed by atoms with Gasteiger partial charge in [-0.1, -0.05) is 66.7 Å². The first-order valence-electron chi connectivity index (χ1n) is 9.65. The summed E-state index contributed by atoms with van der Waals surface area (Å²) in [5.74, 6) is -0.746. The number of halogens is 1. The number of rotatable bonds is 9. The maximum absolute atomic E-state index is 10.7. The molecule has 0 heterocycles. The Morgan fingerprint density at radius 3 is 1.45 bits per heavy atom. The lowest BCUT2D eigenvalue weighted by Crippen LogP contribution is -3.00. The first kappa shape index (κ1) is 23.1. The van der Waals surface area contributed by atoms with E-state index in [4.69, 9.17) is 5.11 Å². The molecule has 0 bridgehead atoms. The Labute approximate surface area is 184 Å². The third-order valence-corrected chi connectivity index (χ3v) is 9.38. The molecule has 0 radical (unpaired) electrons. The first-order chi connectivity index (χ1) is 13.7. The lowest BCUT2D eigenvalue weighted by molar-refractivity contribution is -0.136. The Morgan fingerprint density at radius 2 is 1.07 bits per heavy atom. The van der Waals surface area contributed by atoms with E-state index in [1.165, 1.54) is 15.9 Å². The summed E-state index contributed by atoms with van der Waals surface area (Å²) in [4.78, 5) is 10.7. The molecule has 0 atom stereocenters. The van der Waals surface area contributed by atoms with Gasteiger partial charge < -0.3 is 22.1 Å². The minimum absolute atomic E-state index is 0. The summed E-state index contributed by atoms with van der Waals surface area (Å²) in [6.07, 6.45) is 6.87. The molecule has 0 fully saturated rings. The van der Waals surface area contributed by atoms with Gasteiger partial charge in [0.25, 0.3) is 0 Å². The molecule has 0 spiro atoms. The first-order valence-corrected chi connectivity index (χ1v) is 11.6. The molecule has 150 valence electrons. The van der Waals surface area contributed by atoms with Crippen LogP contribution in [0, 0.1) is 0 Å². The summed E-state index contributed by atoms with van der Waals surface area (Å²) >= 11 is 0. The molecule has 0 aromatic heterocycles. The smallest absolute Gasteiger partial charge is 0.303 e. The molecule has 0 saturated heterocycles. The molecule has 0 aliphatic carbocycles. The van der Waals surface area contributed by atoms with E-state index >= 15 is 0 Å². The Hall–Kier alpha value is -2.22. The molecule has 4 heteroatoms. The van der Waals surface area contributed by atoms with Gasteiger partial charge in [0.15, 0.2) is 0 Å². The van der Waals surface area contributed by atoms with E-state index in [9.17, 15) is 4.79 Å². The van der Waals surface area contributed by atoms with Gasteiger partial charge in [0.2, 0.25) is 0 Å². The topological polar surface area (TPSA) is 37.3 Å². The van der Waals surface area contributed by atoms with Crippen molar-refractivity contribution in [2.75, 3.05) is 6.16 Å². The highest BCUT2D eigenvalue weighted by Crippen LogP contribution is 2.55. The van der Waals surface area contributed by atoms with E-state index in [-0.39, 0.29) is 23.4 Å². The number of aliphatic carboxylic acids is 1. The predicted octanol–water partition coefficient (Wildman–Crippen LogP) is 1.80. The number of benzene rings is 3. The highest BCUT2D eigenvalue weighted by Gasteiger charge is 2.44. The number of carboxylic acids is 1. The fourth-order valence-corrected chi connectivity index (χ4v) is 7.84. The fraction of sp³-hybridized carbons (Fsp3) is 0.160. The number of hydrogen-bond donors (Lipinski definition) is 1. The fourth-order valence-electron chi connectivity index (χ4n) is 3.59. The lowest BCUT2D eigenvalue weighted by atomic mass is 10.3. The second-order valence-corrected chi connectivity index (χ2v) is 10.3. The van der Waals surface area contributed by atoms with E-state index in [0.29, 0.717) is 6.42 Å². The molecule has 1 N–H and O–H groups in total. The van der Waals surface area contributed by atoms with Gasteiger partial charge in [0, 0.05) is 12.8 Å². The minimum atomic E-state index is -1.79. The van der Waals surface area contributed by atoms with Crippen LogP contribution in [0.3, 0.4) is 0 Å². The van der Waals surface area contributed by atoms with Gasteiger partial charge >= 0.3 is 5.97 Å². The molecule has 3 aromatic rings. The van der Waals surface area contributed by atoms with Crippen molar-refractivity contribution in [1.29, 1.82) is 0 Å². The van der Waals surface area contributed by atoms with Crippen LogP contribution in [-0.2, 0) is 4.79 Å². The van der Waals surface area contributed by atoms with Gasteiger partial charge in [-0.15, -0.1) is 0 Å². The zero-order valence-electron chi connectivity index (χ0n) is 16.3. The predicted molar refractivity (Wildman–Crippen MR) is 121 cm³/mol. The summed E-state index contributed by atoms with van der Waals surface area (Å²) < 4.78 is 0. The SMILES string of the molecule is O=C(O)CC/C=C/CC[P+](c1ccccc1)(c1ccccc1)c1ccccc1.[Br-]. The van der Waals surface area contributed by atoms with Crippen molar-refractivity contribution in [1.82, 2.24) is 0 Å². The van der Waals surface area contributed by atoms with E-state index in [1.54, 1.807) is 0 Å². The van der Waals surface area contributed by atoms with E-state index in [0.717, 1.165) is 12.6 Å². The zero-order chi connectivity index (χ0) is 19.7. The number of allylic oxidation sites excluding steroid dienone is 2. The van der Waals surface area contributed by atoms with Crippen LogP contribution >= 0.6 is 7.26 Å². The maximum Gasteiger partial charge on any atom is 0.303 e. The molecule has 0 aliphatic rings. The van der Waals surface area contributed by atoms with Crippen molar-refractivity contribution < 1.29 is 26.9 Å². The summed E-state index contributed by atoms with van der Waals surface area (Å²) in [7, 11) is -1.79. The third-order valence-electron chi connectivity index (χ3n) is 4.91. The minimum Gasteiger partial charge on any atom is -1.00 e. The molecule has 0 aliphatic heterocycles. The Morgan fingerprint density at radius 1 is 0.690 bits per heavy atom. The van der Waals surface area contributed by atoms with E-state index < -0.39 is 13.2 Å². The molecule has 2 nitrogen and oxygen atoms in total. The summed E-state index contributed by atoms with van der Waals surface area (Å²) in [6, 6.07) is 32.5. The van der Waals surface area contributed by atoms with Crippen molar-refractivity contribution in [3.63, 3.8) is 0 Å². The van der Waals surface area contributed by atoms with Gasteiger partial charge in [0.05, 0.1) is 6.16 Å². The summed E-state index contributed by atoms with van der Waals surface area (Å²) in [5, 5.41) is 13.0. The molecular formula is C25H26BrO2P. The van der Waals surface area contributed by atoms with Crippen LogP contribution in [0.25, 0.3) is 0 Å². The molecule has 0 saturated carbocycles. The molecule has 0 unspecified atom stereocenters. The lowest BCUT2D eigenvalue weighted by Gasteiger charge is -2.27. The molecule has 3 rings (SSSR count). The van der Waals surface area contributed by atoms with Crippen molar-refractivity contribution in [3.8, 4) is 0 Å².